The van der Waals surface area contributed by atoms with Crippen molar-refractivity contribution in [3.05, 3.63) is 59.1 Å². The molecule has 0 unspecified atom stereocenters. The number of benzene rings is 2. The summed E-state index contributed by atoms with van der Waals surface area (Å²) >= 11 is 7.10. The van der Waals surface area contributed by atoms with Crippen LogP contribution in [0.4, 0.5) is 18.0 Å². The zero-order valence-corrected chi connectivity index (χ0v) is 16.6. The number of thioether (sulfide) groups is 1. The Balaban J connectivity index is 2.08. The zero-order valence-electron chi connectivity index (χ0n) is 15.0. The summed E-state index contributed by atoms with van der Waals surface area (Å²) in [5.74, 6) is -0.758. The minimum atomic E-state index is -4.55. The maximum atomic E-state index is 13.2. The van der Waals surface area contributed by atoms with Crippen LogP contribution in [0.1, 0.15) is 5.56 Å². The van der Waals surface area contributed by atoms with Gasteiger partial charge in [-0.1, -0.05) is 41.6 Å². The Morgan fingerprint density at radius 2 is 1.87 bits per heavy atom. The predicted molar refractivity (Wildman–Crippen MR) is 105 cm³/mol. The fourth-order valence-electron chi connectivity index (χ4n) is 2.54. The van der Waals surface area contributed by atoms with Crippen LogP contribution in [0, 0.1) is 0 Å². The van der Waals surface area contributed by atoms with Crippen molar-refractivity contribution in [2.75, 3.05) is 5.75 Å². The molecule has 0 saturated carbocycles. The number of aromatic nitrogens is 3. The number of primary amides is 1. The van der Waals surface area contributed by atoms with Gasteiger partial charge in [-0.15, -0.1) is 10.2 Å². The molecule has 0 aliphatic heterocycles. The van der Waals surface area contributed by atoms with Crippen LogP contribution in [-0.2, 0) is 11.0 Å². The van der Waals surface area contributed by atoms with Crippen molar-refractivity contribution in [2.45, 2.75) is 11.3 Å². The van der Waals surface area contributed by atoms with Crippen LogP contribution in [0.25, 0.3) is 17.1 Å². The fourth-order valence-corrected chi connectivity index (χ4v) is 3.51. The SMILES string of the molecule is NC(=O)NC(=O)CSc1nnc(-c2ccccc2Cl)n1-c1cccc(C(F)(F)F)c1. The Labute approximate surface area is 177 Å². The number of nitrogens with two attached hydrogens (primary N) is 1. The molecule has 156 valence electrons. The van der Waals surface area contributed by atoms with Crippen molar-refractivity contribution in [1.29, 1.82) is 0 Å². The molecular weight excluding hydrogens is 443 g/mol. The van der Waals surface area contributed by atoms with E-state index in [1.807, 2.05) is 5.32 Å². The van der Waals surface area contributed by atoms with Gasteiger partial charge in [-0.2, -0.15) is 13.2 Å². The minimum Gasteiger partial charge on any atom is -0.351 e. The Kier molecular flexibility index (Phi) is 6.32. The van der Waals surface area contributed by atoms with Gasteiger partial charge in [-0.05, 0) is 30.3 Å². The average molecular weight is 456 g/mol. The maximum absolute atomic E-state index is 13.2. The van der Waals surface area contributed by atoms with Gasteiger partial charge in [0.15, 0.2) is 11.0 Å². The number of imide groups is 1. The number of urea groups is 1. The van der Waals surface area contributed by atoms with Crippen LogP contribution in [0.2, 0.25) is 5.02 Å². The summed E-state index contributed by atoms with van der Waals surface area (Å²) in [5.41, 5.74) is 4.61. The van der Waals surface area contributed by atoms with Crippen molar-refractivity contribution >= 4 is 35.3 Å². The summed E-state index contributed by atoms with van der Waals surface area (Å²) < 4.78 is 41.0. The van der Waals surface area contributed by atoms with Gasteiger partial charge in [0.2, 0.25) is 5.91 Å². The third-order valence-corrected chi connectivity index (χ3v) is 5.03. The number of carbonyl (C=O) groups excluding carboxylic acids is 2. The van der Waals surface area contributed by atoms with Crippen molar-refractivity contribution in [3.63, 3.8) is 0 Å². The number of hydrogen-bond donors (Lipinski definition) is 2. The van der Waals surface area contributed by atoms with Gasteiger partial charge >= 0.3 is 12.2 Å². The molecule has 0 aliphatic carbocycles. The van der Waals surface area contributed by atoms with E-state index >= 15 is 0 Å². The van der Waals surface area contributed by atoms with E-state index in [1.165, 1.54) is 16.7 Å². The quantitative estimate of drug-likeness (QED) is 0.568. The minimum absolute atomic E-state index is 0.127. The monoisotopic (exact) mass is 455 g/mol. The molecule has 0 fully saturated rings. The molecule has 0 radical (unpaired) electrons. The van der Waals surface area contributed by atoms with E-state index < -0.39 is 23.7 Å². The topological polar surface area (TPSA) is 103 Å². The third kappa shape index (κ3) is 4.92. The van der Waals surface area contributed by atoms with Crippen molar-refractivity contribution in [3.8, 4) is 17.1 Å². The number of rotatable bonds is 5. The Morgan fingerprint density at radius 1 is 1.13 bits per heavy atom. The molecule has 0 spiro atoms. The van der Waals surface area contributed by atoms with Crippen molar-refractivity contribution in [2.24, 2.45) is 5.73 Å². The third-order valence-electron chi connectivity index (χ3n) is 3.77. The smallest absolute Gasteiger partial charge is 0.351 e. The first-order valence-electron chi connectivity index (χ1n) is 8.27. The molecule has 0 bridgehead atoms. The summed E-state index contributed by atoms with van der Waals surface area (Å²) in [6, 6.07) is 10.2. The molecule has 0 aliphatic rings. The van der Waals surface area contributed by atoms with E-state index in [1.54, 1.807) is 24.3 Å². The second-order valence-electron chi connectivity index (χ2n) is 5.87. The molecule has 3 amide bonds. The number of carbonyl (C=O) groups is 2. The highest BCUT2D eigenvalue weighted by Crippen LogP contribution is 2.34. The van der Waals surface area contributed by atoms with Crippen molar-refractivity contribution < 1.29 is 22.8 Å². The average Bonchev–Trinajstić information content (AvgIpc) is 3.09. The number of nitrogens with one attached hydrogen (secondary N) is 1. The number of alkyl halides is 3. The van der Waals surface area contributed by atoms with Gasteiger partial charge < -0.3 is 5.73 Å². The van der Waals surface area contributed by atoms with Crippen LogP contribution in [0.3, 0.4) is 0 Å². The lowest BCUT2D eigenvalue weighted by Gasteiger charge is -2.13. The van der Waals surface area contributed by atoms with Crippen LogP contribution in [0.15, 0.2) is 53.7 Å². The van der Waals surface area contributed by atoms with Crippen molar-refractivity contribution in [1.82, 2.24) is 20.1 Å². The van der Waals surface area contributed by atoms with Gasteiger partial charge in [0.05, 0.1) is 22.0 Å². The van der Waals surface area contributed by atoms with Gasteiger partial charge in [0.1, 0.15) is 0 Å². The normalized spacial score (nSPS) is 11.3. The van der Waals surface area contributed by atoms with Gasteiger partial charge in [-0.25, -0.2) is 4.79 Å². The summed E-state index contributed by atoms with van der Waals surface area (Å²) in [5, 5.41) is 10.4. The molecular formula is C18H13ClF3N5O2S. The van der Waals surface area contributed by atoms with E-state index in [2.05, 4.69) is 10.2 Å². The summed E-state index contributed by atoms with van der Waals surface area (Å²) in [6.45, 7) is 0. The molecule has 30 heavy (non-hydrogen) atoms. The zero-order chi connectivity index (χ0) is 21.9. The fraction of sp³-hybridized carbons (Fsp3) is 0.111. The maximum Gasteiger partial charge on any atom is 0.416 e. The predicted octanol–water partition coefficient (Wildman–Crippen LogP) is 3.89. The molecule has 1 heterocycles. The van der Waals surface area contributed by atoms with Crippen LogP contribution in [-0.4, -0.2) is 32.5 Å². The van der Waals surface area contributed by atoms with Gasteiger partial charge in [-0.3, -0.25) is 14.7 Å². The molecule has 12 heteroatoms. The number of hydrogen-bond acceptors (Lipinski definition) is 5. The van der Waals surface area contributed by atoms with E-state index in [0.717, 1.165) is 23.9 Å². The molecule has 3 aromatic rings. The highest BCUT2D eigenvalue weighted by molar-refractivity contribution is 7.99. The van der Waals surface area contributed by atoms with E-state index in [-0.39, 0.29) is 22.4 Å². The largest absolute Gasteiger partial charge is 0.416 e. The van der Waals surface area contributed by atoms with Gasteiger partial charge in [0.25, 0.3) is 0 Å². The second-order valence-corrected chi connectivity index (χ2v) is 7.22. The van der Waals surface area contributed by atoms with E-state index in [9.17, 15) is 22.8 Å². The molecule has 1 aromatic heterocycles. The Morgan fingerprint density at radius 3 is 2.53 bits per heavy atom. The van der Waals surface area contributed by atoms with Crippen LogP contribution >= 0.6 is 23.4 Å². The molecule has 3 rings (SSSR count). The summed E-state index contributed by atoms with van der Waals surface area (Å²) in [4.78, 5) is 22.5. The second kappa shape index (κ2) is 8.76. The highest BCUT2D eigenvalue weighted by atomic mass is 35.5. The molecule has 0 saturated heterocycles. The summed E-state index contributed by atoms with van der Waals surface area (Å²) in [6.07, 6.45) is -4.55. The van der Waals surface area contributed by atoms with Gasteiger partial charge in [0, 0.05) is 5.56 Å². The number of nitrogens with zero attached hydrogens (tertiary/aromatic N) is 3. The Hall–Kier alpha value is -3.05. The lowest BCUT2D eigenvalue weighted by Crippen LogP contribution is -2.36. The molecule has 7 nitrogen and oxygen atoms in total. The van der Waals surface area contributed by atoms with Crippen LogP contribution < -0.4 is 11.1 Å². The molecule has 3 N–H and O–H groups in total. The first kappa shape index (κ1) is 21.7. The van der Waals surface area contributed by atoms with Crippen LogP contribution in [0.5, 0.6) is 0 Å². The molecule has 2 aromatic carbocycles. The lowest BCUT2D eigenvalue weighted by molar-refractivity contribution is -0.137. The lowest BCUT2D eigenvalue weighted by atomic mass is 10.1. The first-order chi connectivity index (χ1) is 14.2. The van der Waals surface area contributed by atoms with E-state index in [4.69, 9.17) is 17.3 Å². The highest BCUT2D eigenvalue weighted by Gasteiger charge is 2.31. The van der Waals surface area contributed by atoms with E-state index in [0.29, 0.717) is 10.6 Å². The standard InChI is InChI=1S/C18H13ClF3N5O2S/c19-13-7-2-1-6-12(13)15-25-26-17(30-9-14(28)24-16(23)29)27(15)11-5-3-4-10(8-11)18(20,21)22/h1-8H,9H2,(H3,23,24,28,29). The summed E-state index contributed by atoms with van der Waals surface area (Å²) in [7, 11) is 0. The number of halogens is 4. The molecule has 0 atom stereocenters. The number of amides is 3. The first-order valence-corrected chi connectivity index (χ1v) is 9.63. The Bertz CT molecular complexity index is 1100.